The standard InChI is InChI=1S/C15H20N2O/c1-11-7-9-17(14-5-3-2-4-13(11)14)15(18)12-6-8-16-10-12/h2-5,11-12,16H,6-10H2,1H3. The number of nitrogens with one attached hydrogen (secondary N) is 1. The van der Waals surface area contributed by atoms with Crippen LogP contribution >= 0.6 is 0 Å². The molecule has 1 N–H and O–H groups in total. The zero-order valence-corrected chi connectivity index (χ0v) is 10.9. The monoisotopic (exact) mass is 244 g/mol. The van der Waals surface area contributed by atoms with E-state index in [9.17, 15) is 4.79 Å². The highest BCUT2D eigenvalue weighted by Crippen LogP contribution is 2.35. The molecule has 3 nitrogen and oxygen atoms in total. The summed E-state index contributed by atoms with van der Waals surface area (Å²) in [5.41, 5.74) is 2.45. The molecule has 1 fully saturated rings. The molecule has 2 aliphatic heterocycles. The molecule has 18 heavy (non-hydrogen) atoms. The van der Waals surface area contributed by atoms with Crippen LogP contribution in [0.25, 0.3) is 0 Å². The zero-order valence-electron chi connectivity index (χ0n) is 10.9. The molecule has 1 aromatic rings. The second-order valence-corrected chi connectivity index (χ2v) is 5.43. The normalized spacial score (nSPS) is 27.1. The number of carbonyl (C=O) groups excluding carboxylic acids is 1. The van der Waals surface area contributed by atoms with Gasteiger partial charge in [-0.3, -0.25) is 4.79 Å². The number of nitrogens with zero attached hydrogens (tertiary/aromatic N) is 1. The number of anilines is 1. The number of hydrogen-bond acceptors (Lipinski definition) is 2. The van der Waals surface area contributed by atoms with Crippen LogP contribution in [0.3, 0.4) is 0 Å². The average Bonchev–Trinajstić information content (AvgIpc) is 2.93. The van der Waals surface area contributed by atoms with E-state index < -0.39 is 0 Å². The van der Waals surface area contributed by atoms with Crippen molar-refractivity contribution in [3.63, 3.8) is 0 Å². The Hall–Kier alpha value is -1.35. The predicted octanol–water partition coefficient (Wildman–Crippen LogP) is 2.14. The van der Waals surface area contributed by atoms with Crippen LogP contribution in [0.5, 0.6) is 0 Å². The van der Waals surface area contributed by atoms with Crippen LogP contribution in [-0.4, -0.2) is 25.5 Å². The molecule has 1 amide bonds. The quantitative estimate of drug-likeness (QED) is 0.821. The molecule has 0 radical (unpaired) electrons. The first-order chi connectivity index (χ1) is 8.77. The van der Waals surface area contributed by atoms with Gasteiger partial charge in [-0.2, -0.15) is 0 Å². The van der Waals surface area contributed by atoms with Gasteiger partial charge in [0.25, 0.3) is 0 Å². The van der Waals surface area contributed by atoms with Crippen LogP contribution in [0.1, 0.15) is 31.2 Å². The zero-order chi connectivity index (χ0) is 12.5. The van der Waals surface area contributed by atoms with E-state index in [0.717, 1.165) is 38.2 Å². The summed E-state index contributed by atoms with van der Waals surface area (Å²) < 4.78 is 0. The van der Waals surface area contributed by atoms with Crippen molar-refractivity contribution in [2.24, 2.45) is 5.92 Å². The topological polar surface area (TPSA) is 32.3 Å². The minimum atomic E-state index is 0.173. The van der Waals surface area contributed by atoms with E-state index in [0.29, 0.717) is 11.8 Å². The molecule has 3 heteroatoms. The van der Waals surface area contributed by atoms with Crippen LogP contribution < -0.4 is 10.2 Å². The average molecular weight is 244 g/mol. The molecule has 0 saturated carbocycles. The van der Waals surface area contributed by atoms with Gasteiger partial charge in [0.1, 0.15) is 0 Å². The Morgan fingerprint density at radius 2 is 2.17 bits per heavy atom. The van der Waals surface area contributed by atoms with Crippen LogP contribution in [0.15, 0.2) is 24.3 Å². The SMILES string of the molecule is CC1CCN(C(=O)C2CCNC2)c2ccccc21. The molecular formula is C15H20N2O. The molecule has 2 aliphatic rings. The Morgan fingerprint density at radius 3 is 2.94 bits per heavy atom. The Balaban J connectivity index is 1.89. The van der Waals surface area contributed by atoms with Crippen molar-refractivity contribution in [3.05, 3.63) is 29.8 Å². The van der Waals surface area contributed by atoms with E-state index in [-0.39, 0.29) is 5.92 Å². The first kappa shape index (κ1) is 11.7. The van der Waals surface area contributed by atoms with Gasteiger partial charge in [0.15, 0.2) is 0 Å². The lowest BCUT2D eigenvalue weighted by Gasteiger charge is -2.34. The van der Waals surface area contributed by atoms with Crippen molar-refractivity contribution in [1.29, 1.82) is 0 Å². The summed E-state index contributed by atoms with van der Waals surface area (Å²) in [4.78, 5) is 14.6. The lowest BCUT2D eigenvalue weighted by Crippen LogP contribution is -2.40. The van der Waals surface area contributed by atoms with Gasteiger partial charge in [-0.15, -0.1) is 0 Å². The maximum absolute atomic E-state index is 12.6. The van der Waals surface area contributed by atoms with Crippen LogP contribution in [-0.2, 0) is 4.79 Å². The van der Waals surface area contributed by atoms with E-state index in [4.69, 9.17) is 0 Å². The third-order valence-corrected chi connectivity index (χ3v) is 4.22. The third kappa shape index (κ3) is 1.93. The second-order valence-electron chi connectivity index (χ2n) is 5.43. The Bertz CT molecular complexity index is 452. The highest BCUT2D eigenvalue weighted by molar-refractivity contribution is 5.96. The molecule has 3 rings (SSSR count). The van der Waals surface area contributed by atoms with Gasteiger partial charge in [0, 0.05) is 18.8 Å². The van der Waals surface area contributed by atoms with Gasteiger partial charge in [0.05, 0.1) is 5.92 Å². The van der Waals surface area contributed by atoms with E-state index in [1.165, 1.54) is 5.56 Å². The van der Waals surface area contributed by atoms with Crippen molar-refractivity contribution >= 4 is 11.6 Å². The summed E-state index contributed by atoms with van der Waals surface area (Å²) in [5.74, 6) is 1.04. The first-order valence-corrected chi connectivity index (χ1v) is 6.88. The molecule has 2 heterocycles. The van der Waals surface area contributed by atoms with Gasteiger partial charge >= 0.3 is 0 Å². The van der Waals surface area contributed by atoms with Gasteiger partial charge in [-0.1, -0.05) is 25.1 Å². The number of benzene rings is 1. The highest BCUT2D eigenvalue weighted by atomic mass is 16.2. The number of rotatable bonds is 1. The lowest BCUT2D eigenvalue weighted by molar-refractivity contribution is -0.121. The molecule has 96 valence electrons. The minimum absolute atomic E-state index is 0.173. The summed E-state index contributed by atoms with van der Waals surface area (Å²) >= 11 is 0. The predicted molar refractivity (Wildman–Crippen MR) is 72.8 cm³/mol. The summed E-state index contributed by atoms with van der Waals surface area (Å²) in [6.45, 7) is 4.93. The lowest BCUT2D eigenvalue weighted by atomic mass is 9.90. The van der Waals surface area contributed by atoms with Crippen LogP contribution in [0.2, 0.25) is 0 Å². The number of carbonyl (C=O) groups is 1. The van der Waals surface area contributed by atoms with Crippen molar-refractivity contribution in [3.8, 4) is 0 Å². The van der Waals surface area contributed by atoms with Gasteiger partial charge in [0.2, 0.25) is 5.91 Å². The molecule has 2 unspecified atom stereocenters. The van der Waals surface area contributed by atoms with Crippen molar-refractivity contribution in [2.45, 2.75) is 25.7 Å². The Kier molecular flexibility index (Phi) is 3.08. The van der Waals surface area contributed by atoms with Crippen molar-refractivity contribution < 1.29 is 4.79 Å². The van der Waals surface area contributed by atoms with Crippen molar-refractivity contribution in [2.75, 3.05) is 24.5 Å². The van der Waals surface area contributed by atoms with Crippen LogP contribution in [0.4, 0.5) is 5.69 Å². The fraction of sp³-hybridized carbons (Fsp3) is 0.533. The molecule has 0 bridgehead atoms. The number of fused-ring (bicyclic) bond motifs is 1. The highest BCUT2D eigenvalue weighted by Gasteiger charge is 2.31. The first-order valence-electron chi connectivity index (χ1n) is 6.88. The molecule has 1 saturated heterocycles. The minimum Gasteiger partial charge on any atom is -0.316 e. The maximum Gasteiger partial charge on any atom is 0.231 e. The third-order valence-electron chi connectivity index (χ3n) is 4.22. The van der Waals surface area contributed by atoms with E-state index >= 15 is 0 Å². The summed E-state index contributed by atoms with van der Waals surface area (Å²) in [5, 5.41) is 3.28. The Morgan fingerprint density at radius 1 is 1.33 bits per heavy atom. The number of para-hydroxylation sites is 1. The van der Waals surface area contributed by atoms with E-state index in [1.807, 2.05) is 11.0 Å². The molecule has 1 aromatic carbocycles. The fourth-order valence-electron chi connectivity index (χ4n) is 3.06. The smallest absolute Gasteiger partial charge is 0.231 e. The van der Waals surface area contributed by atoms with E-state index in [1.54, 1.807) is 0 Å². The summed E-state index contributed by atoms with van der Waals surface area (Å²) in [6, 6.07) is 8.35. The van der Waals surface area contributed by atoms with Crippen LogP contribution in [0, 0.1) is 5.92 Å². The summed E-state index contributed by atoms with van der Waals surface area (Å²) in [6.07, 6.45) is 2.05. The van der Waals surface area contributed by atoms with E-state index in [2.05, 4.69) is 30.4 Å². The largest absolute Gasteiger partial charge is 0.316 e. The number of amides is 1. The summed E-state index contributed by atoms with van der Waals surface area (Å²) in [7, 11) is 0. The van der Waals surface area contributed by atoms with Gasteiger partial charge in [-0.05, 0) is 36.9 Å². The molecular weight excluding hydrogens is 224 g/mol. The fourth-order valence-corrected chi connectivity index (χ4v) is 3.06. The molecule has 0 aromatic heterocycles. The molecule has 0 aliphatic carbocycles. The maximum atomic E-state index is 12.6. The number of hydrogen-bond donors (Lipinski definition) is 1. The Labute approximate surface area is 108 Å². The molecule has 2 atom stereocenters. The molecule has 0 spiro atoms. The van der Waals surface area contributed by atoms with Gasteiger partial charge in [-0.25, -0.2) is 0 Å². The van der Waals surface area contributed by atoms with Gasteiger partial charge < -0.3 is 10.2 Å². The van der Waals surface area contributed by atoms with Crippen molar-refractivity contribution in [1.82, 2.24) is 5.32 Å². The second kappa shape index (κ2) is 4.73.